The molecule has 0 aromatic carbocycles. The normalized spacial score (nSPS) is 34.8. The Labute approximate surface area is 58.6 Å². The predicted octanol–water partition coefficient (Wildman–Crippen LogP) is 1.36. The Hall–Kier alpha value is -0.180. The van der Waals surface area contributed by atoms with Gasteiger partial charge in [0.25, 0.3) is 0 Å². The number of aliphatic carboxylic acids is 1. The van der Waals surface area contributed by atoms with Gasteiger partial charge in [-0.25, -0.2) is 0 Å². The van der Waals surface area contributed by atoms with Crippen LogP contribution in [0, 0.1) is 0 Å². The molecule has 1 aliphatic heterocycles. The molecule has 0 amide bonds. The van der Waals surface area contributed by atoms with Crippen LogP contribution in [-0.4, -0.2) is 21.6 Å². The molecule has 0 spiro atoms. The van der Waals surface area contributed by atoms with Gasteiger partial charge in [0, 0.05) is 5.25 Å². The summed E-state index contributed by atoms with van der Waals surface area (Å²) in [6.07, 6.45) is 1.91. The molecule has 2 unspecified atom stereocenters. The second-order valence-corrected chi connectivity index (χ2v) is 4.00. The standard InChI is InChI=1S/C6H10O2S/c1-4-2-3-5(9-4)6(7)8/h4-5H,2-3H2,1H3,(H,7,8). The van der Waals surface area contributed by atoms with Crippen LogP contribution in [0.4, 0.5) is 0 Å². The molecule has 0 aliphatic carbocycles. The highest BCUT2D eigenvalue weighted by Gasteiger charge is 2.27. The Morgan fingerprint density at radius 2 is 2.33 bits per heavy atom. The van der Waals surface area contributed by atoms with Crippen LogP contribution in [0.5, 0.6) is 0 Å². The number of carbonyl (C=O) groups is 1. The third-order valence-corrected chi connectivity index (χ3v) is 2.97. The lowest BCUT2D eigenvalue weighted by Gasteiger charge is -2.00. The number of thioether (sulfide) groups is 1. The number of hydrogen-bond donors (Lipinski definition) is 1. The monoisotopic (exact) mass is 146 g/mol. The van der Waals surface area contributed by atoms with Crippen molar-refractivity contribution >= 4 is 17.7 Å². The molecule has 1 rings (SSSR count). The average Bonchev–Trinajstić information content (AvgIpc) is 2.14. The smallest absolute Gasteiger partial charge is 0.316 e. The van der Waals surface area contributed by atoms with Gasteiger partial charge in [-0.1, -0.05) is 6.92 Å². The van der Waals surface area contributed by atoms with E-state index in [0.29, 0.717) is 5.25 Å². The molecule has 0 saturated carbocycles. The Morgan fingerprint density at radius 3 is 2.56 bits per heavy atom. The maximum atomic E-state index is 10.3. The van der Waals surface area contributed by atoms with Gasteiger partial charge in [0.1, 0.15) is 5.25 Å². The lowest BCUT2D eigenvalue weighted by atomic mass is 10.2. The lowest BCUT2D eigenvalue weighted by Crippen LogP contribution is -2.11. The van der Waals surface area contributed by atoms with Crippen molar-refractivity contribution in [1.82, 2.24) is 0 Å². The molecule has 0 aromatic heterocycles. The van der Waals surface area contributed by atoms with E-state index in [-0.39, 0.29) is 5.25 Å². The van der Waals surface area contributed by atoms with E-state index in [1.807, 2.05) is 0 Å². The zero-order chi connectivity index (χ0) is 6.85. The molecular weight excluding hydrogens is 136 g/mol. The summed E-state index contributed by atoms with van der Waals surface area (Å²) in [4.78, 5) is 10.3. The summed E-state index contributed by atoms with van der Waals surface area (Å²) in [5.74, 6) is -0.649. The van der Waals surface area contributed by atoms with Crippen molar-refractivity contribution in [3.8, 4) is 0 Å². The van der Waals surface area contributed by atoms with Crippen molar-refractivity contribution < 1.29 is 9.90 Å². The molecule has 1 N–H and O–H groups in total. The van der Waals surface area contributed by atoms with Crippen LogP contribution < -0.4 is 0 Å². The highest BCUT2D eigenvalue weighted by atomic mass is 32.2. The SMILES string of the molecule is CC1CCC(C(=O)O)S1. The van der Waals surface area contributed by atoms with Gasteiger partial charge in [0.2, 0.25) is 0 Å². The second-order valence-electron chi connectivity index (χ2n) is 2.35. The fraction of sp³-hybridized carbons (Fsp3) is 0.833. The fourth-order valence-electron chi connectivity index (χ4n) is 0.984. The van der Waals surface area contributed by atoms with Crippen molar-refractivity contribution in [3.63, 3.8) is 0 Å². The van der Waals surface area contributed by atoms with Crippen molar-refractivity contribution in [1.29, 1.82) is 0 Å². The zero-order valence-corrected chi connectivity index (χ0v) is 6.15. The average molecular weight is 146 g/mol. The largest absolute Gasteiger partial charge is 0.480 e. The first-order valence-corrected chi connectivity index (χ1v) is 4.02. The summed E-state index contributed by atoms with van der Waals surface area (Å²) in [5.41, 5.74) is 0. The highest BCUT2D eigenvalue weighted by molar-refractivity contribution is 8.01. The molecule has 1 heterocycles. The molecule has 52 valence electrons. The second kappa shape index (κ2) is 2.60. The molecule has 3 heteroatoms. The van der Waals surface area contributed by atoms with E-state index >= 15 is 0 Å². The van der Waals surface area contributed by atoms with Crippen LogP contribution in [0.3, 0.4) is 0 Å². The Balaban J connectivity index is 2.39. The van der Waals surface area contributed by atoms with Crippen LogP contribution in [0.2, 0.25) is 0 Å². The molecule has 1 aliphatic rings. The minimum absolute atomic E-state index is 0.125. The molecule has 0 aromatic rings. The van der Waals surface area contributed by atoms with E-state index in [9.17, 15) is 4.79 Å². The van der Waals surface area contributed by atoms with Gasteiger partial charge in [-0.2, -0.15) is 0 Å². The molecule has 2 nitrogen and oxygen atoms in total. The summed E-state index contributed by atoms with van der Waals surface area (Å²) in [5, 5.41) is 8.93. The van der Waals surface area contributed by atoms with Crippen LogP contribution in [-0.2, 0) is 4.79 Å². The van der Waals surface area contributed by atoms with Gasteiger partial charge in [-0.15, -0.1) is 11.8 Å². The Morgan fingerprint density at radius 1 is 1.67 bits per heavy atom. The quantitative estimate of drug-likeness (QED) is 0.606. The van der Waals surface area contributed by atoms with Gasteiger partial charge in [0.15, 0.2) is 0 Å². The predicted molar refractivity (Wildman–Crippen MR) is 37.7 cm³/mol. The third kappa shape index (κ3) is 1.61. The highest BCUT2D eigenvalue weighted by Crippen LogP contribution is 2.32. The molecule has 0 radical (unpaired) electrons. The Kier molecular flexibility index (Phi) is 2.01. The number of carboxylic acid groups (broad SMARTS) is 1. The van der Waals surface area contributed by atoms with Gasteiger partial charge in [0.05, 0.1) is 0 Å². The lowest BCUT2D eigenvalue weighted by molar-refractivity contribution is -0.136. The van der Waals surface area contributed by atoms with E-state index in [2.05, 4.69) is 6.92 Å². The van der Waals surface area contributed by atoms with Gasteiger partial charge in [-0.3, -0.25) is 4.79 Å². The minimum atomic E-state index is -0.649. The first-order chi connectivity index (χ1) is 4.20. The van der Waals surface area contributed by atoms with Gasteiger partial charge < -0.3 is 5.11 Å². The molecule has 0 bridgehead atoms. The number of carboxylic acids is 1. The topological polar surface area (TPSA) is 37.3 Å². The fourth-order valence-corrected chi connectivity index (χ4v) is 2.21. The van der Waals surface area contributed by atoms with E-state index in [1.165, 1.54) is 0 Å². The van der Waals surface area contributed by atoms with Crippen LogP contribution in [0.1, 0.15) is 19.8 Å². The zero-order valence-electron chi connectivity index (χ0n) is 5.33. The van der Waals surface area contributed by atoms with Gasteiger partial charge >= 0.3 is 5.97 Å². The summed E-state index contributed by atoms with van der Waals surface area (Å²) in [6, 6.07) is 0. The van der Waals surface area contributed by atoms with Crippen LogP contribution in [0.15, 0.2) is 0 Å². The number of rotatable bonds is 1. The van der Waals surface area contributed by atoms with E-state index in [1.54, 1.807) is 11.8 Å². The number of hydrogen-bond acceptors (Lipinski definition) is 2. The van der Waals surface area contributed by atoms with E-state index < -0.39 is 5.97 Å². The van der Waals surface area contributed by atoms with E-state index in [0.717, 1.165) is 12.8 Å². The molecule has 2 atom stereocenters. The Bertz CT molecular complexity index is 124. The van der Waals surface area contributed by atoms with Crippen molar-refractivity contribution in [2.45, 2.75) is 30.3 Å². The molecular formula is C6H10O2S. The molecule has 1 saturated heterocycles. The first-order valence-electron chi connectivity index (χ1n) is 3.08. The maximum absolute atomic E-state index is 10.3. The van der Waals surface area contributed by atoms with Crippen LogP contribution >= 0.6 is 11.8 Å². The summed E-state index contributed by atoms with van der Waals surface area (Å²) in [7, 11) is 0. The summed E-state index contributed by atoms with van der Waals surface area (Å²) in [6.45, 7) is 2.08. The third-order valence-electron chi connectivity index (χ3n) is 1.51. The summed E-state index contributed by atoms with van der Waals surface area (Å²) < 4.78 is 0. The minimum Gasteiger partial charge on any atom is -0.480 e. The summed E-state index contributed by atoms with van der Waals surface area (Å²) >= 11 is 1.57. The van der Waals surface area contributed by atoms with Crippen molar-refractivity contribution in [3.05, 3.63) is 0 Å². The first kappa shape index (κ1) is 6.93. The van der Waals surface area contributed by atoms with Crippen molar-refractivity contribution in [2.75, 3.05) is 0 Å². The van der Waals surface area contributed by atoms with Gasteiger partial charge in [-0.05, 0) is 12.8 Å². The molecule has 1 fully saturated rings. The molecule has 9 heavy (non-hydrogen) atoms. The van der Waals surface area contributed by atoms with Crippen LogP contribution in [0.25, 0.3) is 0 Å². The maximum Gasteiger partial charge on any atom is 0.316 e. The van der Waals surface area contributed by atoms with Crippen molar-refractivity contribution in [2.24, 2.45) is 0 Å². The van der Waals surface area contributed by atoms with E-state index in [4.69, 9.17) is 5.11 Å².